The Morgan fingerprint density at radius 1 is 1.57 bits per heavy atom. The summed E-state index contributed by atoms with van der Waals surface area (Å²) in [5, 5.41) is 0. The van der Waals surface area contributed by atoms with Gasteiger partial charge in [0.1, 0.15) is 0 Å². The zero-order valence-corrected chi connectivity index (χ0v) is 5.55. The van der Waals surface area contributed by atoms with Gasteiger partial charge in [0.15, 0.2) is 0 Å². The summed E-state index contributed by atoms with van der Waals surface area (Å²) in [7, 11) is 0. The summed E-state index contributed by atoms with van der Waals surface area (Å²) in [4.78, 5) is 1.20. The first kappa shape index (κ1) is 6.98. The first-order valence-corrected chi connectivity index (χ1v) is 2.57. The molecule has 1 nitrogen and oxygen atoms in total. The van der Waals surface area contributed by atoms with E-state index in [2.05, 4.69) is 31.8 Å². The molecule has 0 aromatic rings. The SMILES string of the molecule is C=C(S)/C(S)=C/N. The van der Waals surface area contributed by atoms with Crippen LogP contribution >= 0.6 is 25.3 Å². The van der Waals surface area contributed by atoms with Crippen LogP contribution in [0.3, 0.4) is 0 Å². The molecule has 0 bridgehead atoms. The second-order valence-corrected chi connectivity index (χ2v) is 2.02. The van der Waals surface area contributed by atoms with E-state index in [1.165, 1.54) is 6.20 Å². The molecule has 0 aliphatic rings. The van der Waals surface area contributed by atoms with Crippen LogP contribution < -0.4 is 5.73 Å². The normalized spacial score (nSPS) is 11.4. The van der Waals surface area contributed by atoms with Crippen molar-refractivity contribution in [2.45, 2.75) is 0 Å². The highest BCUT2D eigenvalue weighted by atomic mass is 32.1. The summed E-state index contributed by atoms with van der Waals surface area (Å²) in [5.41, 5.74) is 5.02. The second kappa shape index (κ2) is 3.04. The highest BCUT2D eigenvalue weighted by Crippen LogP contribution is 2.12. The van der Waals surface area contributed by atoms with Crippen LogP contribution in [0.15, 0.2) is 22.6 Å². The standard InChI is InChI=1S/C4H7NS2/c1-3(6)4(7)2-5/h2,6-7H,1,5H2/b4-2-. The molecule has 0 radical (unpaired) electrons. The fourth-order valence-corrected chi connectivity index (χ4v) is 0.171. The van der Waals surface area contributed by atoms with Crippen molar-refractivity contribution in [2.75, 3.05) is 0 Å². The van der Waals surface area contributed by atoms with Crippen LogP contribution in [0, 0.1) is 0 Å². The number of hydrogen-bond acceptors (Lipinski definition) is 3. The molecule has 7 heavy (non-hydrogen) atoms. The van der Waals surface area contributed by atoms with Gasteiger partial charge in [0.25, 0.3) is 0 Å². The second-order valence-electron chi connectivity index (χ2n) is 0.999. The maximum Gasteiger partial charge on any atom is 0.0323 e. The van der Waals surface area contributed by atoms with E-state index in [1.54, 1.807) is 0 Å². The summed E-state index contributed by atoms with van der Waals surface area (Å²) in [5.74, 6) is 0. The molecule has 0 atom stereocenters. The largest absolute Gasteiger partial charge is 0.404 e. The molecule has 0 spiro atoms. The van der Waals surface area contributed by atoms with Gasteiger partial charge in [-0.25, -0.2) is 0 Å². The van der Waals surface area contributed by atoms with Crippen LogP contribution in [0.2, 0.25) is 0 Å². The van der Waals surface area contributed by atoms with E-state index in [0.717, 1.165) is 0 Å². The average molecular weight is 133 g/mol. The minimum atomic E-state index is 0.589. The quantitative estimate of drug-likeness (QED) is 0.363. The number of rotatable bonds is 1. The third-order valence-electron chi connectivity index (χ3n) is 0.454. The molecule has 0 aromatic carbocycles. The Balaban J connectivity index is 3.82. The lowest BCUT2D eigenvalue weighted by Gasteiger charge is -1.89. The molecule has 0 unspecified atom stereocenters. The predicted molar refractivity (Wildman–Crippen MR) is 39.4 cm³/mol. The molecule has 0 rings (SSSR count). The first-order chi connectivity index (χ1) is 3.18. The molecule has 0 saturated heterocycles. The van der Waals surface area contributed by atoms with Gasteiger partial charge in [0, 0.05) is 16.0 Å². The van der Waals surface area contributed by atoms with Crippen molar-refractivity contribution in [3.8, 4) is 0 Å². The third kappa shape index (κ3) is 2.65. The zero-order chi connectivity index (χ0) is 5.86. The summed E-state index contributed by atoms with van der Waals surface area (Å²) >= 11 is 7.74. The van der Waals surface area contributed by atoms with Crippen LogP contribution in [0.4, 0.5) is 0 Å². The lowest BCUT2D eigenvalue weighted by Crippen LogP contribution is -1.79. The van der Waals surface area contributed by atoms with Gasteiger partial charge in [-0.1, -0.05) is 6.58 Å². The molecule has 0 heterocycles. The fourth-order valence-electron chi connectivity index (χ4n) is 0.0962. The Morgan fingerprint density at radius 2 is 2.00 bits per heavy atom. The summed E-state index contributed by atoms with van der Waals surface area (Å²) < 4.78 is 0. The third-order valence-corrected chi connectivity index (χ3v) is 1.29. The van der Waals surface area contributed by atoms with Crippen molar-refractivity contribution in [3.05, 3.63) is 22.6 Å². The van der Waals surface area contributed by atoms with Crippen molar-refractivity contribution >= 4 is 25.3 Å². The van der Waals surface area contributed by atoms with Crippen molar-refractivity contribution in [3.63, 3.8) is 0 Å². The van der Waals surface area contributed by atoms with Crippen LogP contribution in [-0.2, 0) is 0 Å². The Labute approximate surface area is 54.1 Å². The molecule has 0 aliphatic carbocycles. The lowest BCUT2D eigenvalue weighted by atomic mass is 10.6. The first-order valence-electron chi connectivity index (χ1n) is 1.67. The molecule has 0 saturated carbocycles. The topological polar surface area (TPSA) is 26.0 Å². The molecule has 0 aliphatic heterocycles. The van der Waals surface area contributed by atoms with Crippen molar-refractivity contribution in [1.29, 1.82) is 0 Å². The average Bonchev–Trinajstić information content (AvgIpc) is 1.65. The Morgan fingerprint density at radius 3 is 2.00 bits per heavy atom. The number of hydrogen-bond donors (Lipinski definition) is 3. The van der Waals surface area contributed by atoms with E-state index in [0.29, 0.717) is 9.81 Å². The summed E-state index contributed by atoms with van der Waals surface area (Å²) in [6.45, 7) is 3.47. The summed E-state index contributed by atoms with van der Waals surface area (Å²) in [6.07, 6.45) is 1.35. The van der Waals surface area contributed by atoms with E-state index in [-0.39, 0.29) is 0 Å². The van der Waals surface area contributed by atoms with Crippen molar-refractivity contribution in [2.24, 2.45) is 5.73 Å². The van der Waals surface area contributed by atoms with Gasteiger partial charge in [0.2, 0.25) is 0 Å². The molecular formula is C4H7NS2. The molecule has 2 N–H and O–H groups in total. The zero-order valence-electron chi connectivity index (χ0n) is 3.76. The Hall–Kier alpha value is -0.0200. The number of thiol groups is 2. The van der Waals surface area contributed by atoms with Crippen LogP contribution in [0.5, 0.6) is 0 Å². The Kier molecular flexibility index (Phi) is 3.04. The fraction of sp³-hybridized carbons (Fsp3) is 0. The Bertz CT molecular complexity index is 106. The van der Waals surface area contributed by atoms with E-state index in [4.69, 9.17) is 5.73 Å². The van der Waals surface area contributed by atoms with E-state index in [1.807, 2.05) is 0 Å². The number of nitrogens with two attached hydrogens (primary N) is 1. The predicted octanol–water partition coefficient (Wildman–Crippen LogP) is 1.16. The van der Waals surface area contributed by atoms with Gasteiger partial charge < -0.3 is 5.73 Å². The molecule has 0 aromatic heterocycles. The lowest BCUT2D eigenvalue weighted by molar-refractivity contribution is 1.58. The van der Waals surface area contributed by atoms with E-state index < -0.39 is 0 Å². The molecule has 0 fully saturated rings. The van der Waals surface area contributed by atoms with Gasteiger partial charge >= 0.3 is 0 Å². The summed E-state index contributed by atoms with van der Waals surface area (Å²) in [6, 6.07) is 0. The highest BCUT2D eigenvalue weighted by Gasteiger charge is 1.84. The molecule has 3 heteroatoms. The van der Waals surface area contributed by atoms with Crippen molar-refractivity contribution in [1.82, 2.24) is 0 Å². The minimum Gasteiger partial charge on any atom is -0.404 e. The van der Waals surface area contributed by atoms with Crippen molar-refractivity contribution < 1.29 is 0 Å². The van der Waals surface area contributed by atoms with Gasteiger partial charge in [-0.05, 0) is 0 Å². The molecular weight excluding hydrogens is 126 g/mol. The van der Waals surface area contributed by atoms with E-state index in [9.17, 15) is 0 Å². The molecule has 40 valence electrons. The smallest absolute Gasteiger partial charge is 0.0323 e. The maximum atomic E-state index is 5.02. The monoisotopic (exact) mass is 133 g/mol. The van der Waals surface area contributed by atoms with Gasteiger partial charge in [-0.3, -0.25) is 0 Å². The maximum absolute atomic E-state index is 5.02. The van der Waals surface area contributed by atoms with Gasteiger partial charge in [-0.2, -0.15) is 0 Å². The molecule has 0 amide bonds. The highest BCUT2D eigenvalue weighted by molar-refractivity contribution is 7.90. The van der Waals surface area contributed by atoms with Gasteiger partial charge in [0.05, 0.1) is 0 Å². The van der Waals surface area contributed by atoms with Crippen LogP contribution in [-0.4, -0.2) is 0 Å². The van der Waals surface area contributed by atoms with Gasteiger partial charge in [-0.15, -0.1) is 25.3 Å². The van der Waals surface area contributed by atoms with E-state index >= 15 is 0 Å². The van der Waals surface area contributed by atoms with Crippen LogP contribution in [0.25, 0.3) is 0 Å². The van der Waals surface area contributed by atoms with Crippen LogP contribution in [0.1, 0.15) is 0 Å². The minimum absolute atomic E-state index is 0.589.